The second kappa shape index (κ2) is 10.0. The summed E-state index contributed by atoms with van der Waals surface area (Å²) in [5.74, 6) is 1.06. The lowest BCUT2D eigenvalue weighted by molar-refractivity contribution is -0.383. The van der Waals surface area contributed by atoms with E-state index in [1.807, 2.05) is 11.0 Å². The van der Waals surface area contributed by atoms with E-state index in [0.717, 1.165) is 25.7 Å². The van der Waals surface area contributed by atoms with Gasteiger partial charge in [-0.05, 0) is 37.2 Å². The van der Waals surface area contributed by atoms with E-state index in [2.05, 4.69) is 39.6 Å². The minimum Gasteiger partial charge on any atom is -0.385 e. The zero-order valence-electron chi connectivity index (χ0n) is 16.7. The van der Waals surface area contributed by atoms with Gasteiger partial charge in [-0.1, -0.05) is 30.3 Å². The van der Waals surface area contributed by atoms with E-state index < -0.39 is 4.92 Å². The standard InChI is InChI=1S/C20H28N6O3/c1-29-13-5-10-22-20-23-18(21)17(26(27)28)19(24-20)25-11-8-16(9-12-25)14-15-6-3-2-4-7-15/h2-4,6-7,16H,5,8-14H2,1H3,(H3,21,22,23,24). The normalized spacial score (nSPS) is 14.7. The number of rotatable bonds is 9. The quantitative estimate of drug-likeness (QED) is 0.375. The van der Waals surface area contributed by atoms with Crippen molar-refractivity contribution in [1.29, 1.82) is 0 Å². The zero-order valence-corrected chi connectivity index (χ0v) is 16.7. The first-order chi connectivity index (χ1) is 14.1. The number of nitrogen functional groups attached to an aromatic ring is 1. The summed E-state index contributed by atoms with van der Waals surface area (Å²) in [6, 6.07) is 10.4. The molecule has 1 aromatic heterocycles. The first kappa shape index (κ1) is 20.8. The molecule has 1 saturated heterocycles. The van der Waals surface area contributed by atoms with Crippen molar-refractivity contribution < 1.29 is 9.66 Å². The third kappa shape index (κ3) is 5.54. The Morgan fingerprint density at radius 1 is 1.28 bits per heavy atom. The Bertz CT molecular complexity index is 809. The molecule has 9 heteroatoms. The molecule has 29 heavy (non-hydrogen) atoms. The molecule has 0 saturated carbocycles. The van der Waals surface area contributed by atoms with Gasteiger partial charge >= 0.3 is 5.69 Å². The molecule has 3 rings (SSSR count). The Balaban J connectivity index is 1.69. The van der Waals surface area contributed by atoms with Crippen LogP contribution in [0.3, 0.4) is 0 Å². The number of anilines is 3. The molecule has 1 fully saturated rings. The highest BCUT2D eigenvalue weighted by Gasteiger charge is 2.30. The van der Waals surface area contributed by atoms with Gasteiger partial charge in [0.2, 0.25) is 17.6 Å². The Kier molecular flexibility index (Phi) is 7.18. The highest BCUT2D eigenvalue weighted by Crippen LogP contribution is 2.34. The molecular weight excluding hydrogens is 372 g/mol. The Morgan fingerprint density at radius 2 is 2.00 bits per heavy atom. The lowest BCUT2D eigenvalue weighted by Crippen LogP contribution is -2.35. The van der Waals surface area contributed by atoms with Crippen LogP contribution in [0, 0.1) is 16.0 Å². The Hall–Kier alpha value is -2.94. The summed E-state index contributed by atoms with van der Waals surface area (Å²) in [6.45, 7) is 2.62. The molecule has 1 aromatic carbocycles. The number of nitrogens with two attached hydrogens (primary N) is 1. The van der Waals surface area contributed by atoms with E-state index in [0.29, 0.717) is 43.9 Å². The van der Waals surface area contributed by atoms with Crippen LogP contribution in [0.2, 0.25) is 0 Å². The van der Waals surface area contributed by atoms with Gasteiger partial charge < -0.3 is 20.7 Å². The zero-order chi connectivity index (χ0) is 20.6. The van der Waals surface area contributed by atoms with Crippen LogP contribution in [0.25, 0.3) is 0 Å². The van der Waals surface area contributed by atoms with Gasteiger partial charge in [0.15, 0.2) is 0 Å². The van der Waals surface area contributed by atoms with Gasteiger partial charge in [0.05, 0.1) is 4.92 Å². The van der Waals surface area contributed by atoms with Crippen LogP contribution in [0.4, 0.5) is 23.3 Å². The maximum Gasteiger partial charge on any atom is 0.353 e. The molecule has 156 valence electrons. The molecule has 1 aliphatic heterocycles. The van der Waals surface area contributed by atoms with E-state index in [1.165, 1.54) is 5.56 Å². The largest absolute Gasteiger partial charge is 0.385 e. The van der Waals surface area contributed by atoms with Crippen LogP contribution >= 0.6 is 0 Å². The molecular formula is C20H28N6O3. The summed E-state index contributed by atoms with van der Waals surface area (Å²) in [7, 11) is 1.64. The minimum absolute atomic E-state index is 0.111. The first-order valence-electron chi connectivity index (χ1n) is 9.92. The predicted octanol–water partition coefficient (Wildman–Crippen LogP) is 2.87. The van der Waals surface area contributed by atoms with Gasteiger partial charge in [0, 0.05) is 33.4 Å². The number of nitro groups is 1. The highest BCUT2D eigenvalue weighted by atomic mass is 16.6. The van der Waals surface area contributed by atoms with Gasteiger partial charge in [-0.25, -0.2) is 0 Å². The van der Waals surface area contributed by atoms with Crippen LogP contribution in [-0.2, 0) is 11.2 Å². The van der Waals surface area contributed by atoms with Crippen molar-refractivity contribution in [2.24, 2.45) is 5.92 Å². The highest BCUT2D eigenvalue weighted by molar-refractivity contribution is 5.71. The minimum atomic E-state index is -0.491. The topological polar surface area (TPSA) is 119 Å². The van der Waals surface area contributed by atoms with Crippen molar-refractivity contribution >= 4 is 23.3 Å². The molecule has 1 aliphatic rings. The third-order valence-electron chi connectivity index (χ3n) is 5.16. The average molecular weight is 400 g/mol. The number of benzene rings is 1. The fraction of sp³-hybridized carbons (Fsp3) is 0.500. The van der Waals surface area contributed by atoms with E-state index in [9.17, 15) is 10.1 Å². The Morgan fingerprint density at radius 3 is 2.66 bits per heavy atom. The molecule has 0 aliphatic carbocycles. The summed E-state index contributed by atoms with van der Waals surface area (Å²) >= 11 is 0. The predicted molar refractivity (Wildman–Crippen MR) is 113 cm³/mol. The van der Waals surface area contributed by atoms with Gasteiger partial charge in [0.1, 0.15) is 0 Å². The van der Waals surface area contributed by atoms with Crippen molar-refractivity contribution in [1.82, 2.24) is 9.97 Å². The lowest BCUT2D eigenvalue weighted by Gasteiger charge is -2.32. The summed E-state index contributed by atoms with van der Waals surface area (Å²) in [4.78, 5) is 21.5. The second-order valence-electron chi connectivity index (χ2n) is 7.26. The molecule has 0 amide bonds. The number of piperidine rings is 1. The maximum atomic E-state index is 11.6. The molecule has 0 radical (unpaired) electrons. The van der Waals surface area contributed by atoms with Crippen molar-refractivity contribution in [3.63, 3.8) is 0 Å². The molecule has 3 N–H and O–H groups in total. The molecule has 2 aromatic rings. The van der Waals surface area contributed by atoms with E-state index >= 15 is 0 Å². The Labute approximate surface area is 170 Å². The number of methoxy groups -OCH3 is 1. The van der Waals surface area contributed by atoms with Crippen LogP contribution < -0.4 is 16.0 Å². The number of hydrogen-bond acceptors (Lipinski definition) is 8. The van der Waals surface area contributed by atoms with Crippen LogP contribution in [0.1, 0.15) is 24.8 Å². The van der Waals surface area contributed by atoms with Crippen molar-refractivity contribution in [3.8, 4) is 0 Å². The van der Waals surface area contributed by atoms with Crippen LogP contribution in [0.5, 0.6) is 0 Å². The van der Waals surface area contributed by atoms with E-state index in [4.69, 9.17) is 10.5 Å². The van der Waals surface area contributed by atoms with Crippen molar-refractivity contribution in [3.05, 3.63) is 46.0 Å². The maximum absolute atomic E-state index is 11.6. The first-order valence-corrected chi connectivity index (χ1v) is 9.92. The summed E-state index contributed by atoms with van der Waals surface area (Å²) in [5, 5.41) is 14.7. The van der Waals surface area contributed by atoms with Gasteiger partial charge in [-0.2, -0.15) is 9.97 Å². The second-order valence-corrected chi connectivity index (χ2v) is 7.26. The molecule has 0 bridgehead atoms. The lowest BCUT2D eigenvalue weighted by atomic mass is 9.90. The van der Waals surface area contributed by atoms with Gasteiger partial charge in [-0.3, -0.25) is 10.1 Å². The average Bonchev–Trinajstić information content (AvgIpc) is 2.72. The van der Waals surface area contributed by atoms with E-state index in [1.54, 1.807) is 7.11 Å². The van der Waals surface area contributed by atoms with Crippen molar-refractivity contribution in [2.75, 3.05) is 49.3 Å². The molecule has 0 unspecified atom stereocenters. The monoisotopic (exact) mass is 400 g/mol. The number of nitrogens with zero attached hydrogens (tertiary/aromatic N) is 4. The fourth-order valence-electron chi connectivity index (χ4n) is 3.65. The number of ether oxygens (including phenoxy) is 1. The molecule has 9 nitrogen and oxygen atoms in total. The summed E-state index contributed by atoms with van der Waals surface area (Å²) in [5.41, 5.74) is 7.02. The fourth-order valence-corrected chi connectivity index (χ4v) is 3.65. The smallest absolute Gasteiger partial charge is 0.353 e. The summed E-state index contributed by atoms with van der Waals surface area (Å²) < 4.78 is 5.02. The van der Waals surface area contributed by atoms with Crippen LogP contribution in [0.15, 0.2) is 30.3 Å². The van der Waals surface area contributed by atoms with Gasteiger partial charge in [-0.15, -0.1) is 0 Å². The number of aromatic nitrogens is 2. The molecule has 0 atom stereocenters. The number of nitrogens with one attached hydrogen (secondary N) is 1. The van der Waals surface area contributed by atoms with Gasteiger partial charge in [0.25, 0.3) is 0 Å². The molecule has 0 spiro atoms. The van der Waals surface area contributed by atoms with Crippen LogP contribution in [-0.4, -0.2) is 48.2 Å². The number of hydrogen-bond donors (Lipinski definition) is 2. The summed E-state index contributed by atoms with van der Waals surface area (Å²) in [6.07, 6.45) is 3.70. The van der Waals surface area contributed by atoms with E-state index in [-0.39, 0.29) is 11.5 Å². The SMILES string of the molecule is COCCCNc1nc(N)c([N+](=O)[O-])c(N2CCC(Cc3ccccc3)CC2)n1. The third-order valence-corrected chi connectivity index (χ3v) is 5.16. The molecule has 2 heterocycles. The van der Waals surface area contributed by atoms with Crippen molar-refractivity contribution in [2.45, 2.75) is 25.7 Å².